The van der Waals surface area contributed by atoms with Crippen LogP contribution in [-0.4, -0.2) is 47.6 Å². The summed E-state index contributed by atoms with van der Waals surface area (Å²) in [5.74, 6) is -1.76. The van der Waals surface area contributed by atoms with Gasteiger partial charge in [-0.05, 0) is 30.1 Å². The van der Waals surface area contributed by atoms with Crippen LogP contribution in [0.25, 0.3) is 0 Å². The molecule has 6 nitrogen and oxygen atoms in total. The van der Waals surface area contributed by atoms with Gasteiger partial charge in [-0.1, -0.05) is 26.5 Å². The van der Waals surface area contributed by atoms with Crippen molar-refractivity contribution in [2.45, 2.75) is 45.3 Å². The standard InChI is InChI=1S/C19H26O6/c1-11(2)18(22)24-15-7-13(9-20)5-4-6-14(10-21)8-16-17(15)12(3)19(23)25-16/h5,8,11,15-17,20-21H,3-4,6-7,9-10H2,1-2H3/b13-5+,14-8-/t15-,16-,17-/m1/s1. The van der Waals surface area contributed by atoms with E-state index in [2.05, 4.69) is 6.58 Å². The molecule has 0 saturated carbocycles. The smallest absolute Gasteiger partial charge is 0.334 e. The molecule has 6 heteroatoms. The van der Waals surface area contributed by atoms with Crippen LogP contribution in [0.5, 0.6) is 0 Å². The minimum Gasteiger partial charge on any atom is -0.461 e. The molecule has 2 rings (SSSR count). The summed E-state index contributed by atoms with van der Waals surface area (Å²) in [6.45, 7) is 6.97. The Morgan fingerprint density at radius 1 is 1.36 bits per heavy atom. The molecule has 0 amide bonds. The Labute approximate surface area is 147 Å². The summed E-state index contributed by atoms with van der Waals surface area (Å²) in [6, 6.07) is 0. The Bertz CT molecular complexity index is 601. The molecule has 3 atom stereocenters. The van der Waals surface area contributed by atoms with Gasteiger partial charge < -0.3 is 19.7 Å². The van der Waals surface area contributed by atoms with E-state index in [0.717, 1.165) is 11.1 Å². The van der Waals surface area contributed by atoms with Gasteiger partial charge in [0.15, 0.2) is 0 Å². The van der Waals surface area contributed by atoms with Crippen LogP contribution in [-0.2, 0) is 19.1 Å². The summed E-state index contributed by atoms with van der Waals surface area (Å²) in [4.78, 5) is 24.2. The molecule has 1 aliphatic heterocycles. The second-order valence-electron chi connectivity index (χ2n) is 6.80. The molecule has 1 fully saturated rings. The highest BCUT2D eigenvalue weighted by atomic mass is 16.6. The number of rotatable bonds is 4. The average Bonchev–Trinajstić information content (AvgIpc) is 2.85. The van der Waals surface area contributed by atoms with Crippen LogP contribution in [0.3, 0.4) is 0 Å². The minimum atomic E-state index is -0.661. The first kappa shape index (κ1) is 19.4. The zero-order chi connectivity index (χ0) is 18.6. The number of esters is 2. The molecule has 0 bridgehead atoms. The van der Waals surface area contributed by atoms with Crippen molar-refractivity contribution in [3.05, 3.63) is 35.5 Å². The lowest BCUT2D eigenvalue weighted by molar-refractivity contribution is -0.155. The van der Waals surface area contributed by atoms with Crippen molar-refractivity contribution in [2.24, 2.45) is 11.8 Å². The number of aliphatic hydroxyl groups excluding tert-OH is 2. The quantitative estimate of drug-likeness (QED) is 0.455. The van der Waals surface area contributed by atoms with Crippen molar-refractivity contribution in [3.8, 4) is 0 Å². The Morgan fingerprint density at radius 2 is 2.04 bits per heavy atom. The van der Waals surface area contributed by atoms with Crippen LogP contribution >= 0.6 is 0 Å². The molecule has 1 heterocycles. The molecular weight excluding hydrogens is 324 g/mol. The zero-order valence-electron chi connectivity index (χ0n) is 14.7. The molecule has 0 aromatic carbocycles. The highest BCUT2D eigenvalue weighted by molar-refractivity contribution is 5.91. The number of ether oxygens (including phenoxy) is 2. The van der Waals surface area contributed by atoms with E-state index in [4.69, 9.17) is 9.47 Å². The molecule has 1 aliphatic carbocycles. The van der Waals surface area contributed by atoms with Gasteiger partial charge >= 0.3 is 11.9 Å². The summed E-state index contributed by atoms with van der Waals surface area (Å²) >= 11 is 0. The molecule has 0 spiro atoms. The summed E-state index contributed by atoms with van der Waals surface area (Å²) in [5.41, 5.74) is 1.71. The fourth-order valence-electron chi connectivity index (χ4n) is 3.09. The van der Waals surface area contributed by atoms with Crippen LogP contribution in [0.4, 0.5) is 0 Å². The summed E-state index contributed by atoms with van der Waals surface area (Å²) in [6.07, 6.45) is 3.88. The Kier molecular flexibility index (Phi) is 6.56. The Hall–Kier alpha value is -1.92. The number of hydrogen-bond acceptors (Lipinski definition) is 6. The van der Waals surface area contributed by atoms with Crippen LogP contribution in [0, 0.1) is 11.8 Å². The van der Waals surface area contributed by atoms with E-state index < -0.39 is 24.1 Å². The second-order valence-corrected chi connectivity index (χ2v) is 6.80. The summed E-state index contributed by atoms with van der Waals surface area (Å²) in [7, 11) is 0. The SMILES string of the molecule is C=C1C(=O)O[C@@H]2/C=C(\CO)CC/C=C(/CO)C[C@@H](OC(=O)C(C)C)[C@@H]12. The predicted octanol–water partition coefficient (Wildman–Crippen LogP) is 1.67. The third-order valence-corrected chi connectivity index (χ3v) is 4.57. The van der Waals surface area contributed by atoms with Gasteiger partial charge in [0.2, 0.25) is 0 Å². The van der Waals surface area contributed by atoms with E-state index in [1.165, 1.54) is 0 Å². The second kappa shape index (κ2) is 8.45. The topological polar surface area (TPSA) is 93.1 Å². The Balaban J connectivity index is 2.41. The Morgan fingerprint density at radius 3 is 2.64 bits per heavy atom. The van der Waals surface area contributed by atoms with Crippen LogP contribution < -0.4 is 0 Å². The van der Waals surface area contributed by atoms with Gasteiger partial charge in [-0.2, -0.15) is 0 Å². The van der Waals surface area contributed by atoms with Gasteiger partial charge in [0.05, 0.1) is 25.0 Å². The van der Waals surface area contributed by atoms with Gasteiger partial charge in [-0.3, -0.25) is 4.79 Å². The lowest BCUT2D eigenvalue weighted by Gasteiger charge is -2.28. The minimum absolute atomic E-state index is 0.147. The van der Waals surface area contributed by atoms with Gasteiger partial charge in [0.25, 0.3) is 0 Å². The fraction of sp³-hybridized carbons (Fsp3) is 0.579. The van der Waals surface area contributed by atoms with E-state index >= 15 is 0 Å². The molecule has 0 unspecified atom stereocenters. The fourth-order valence-corrected chi connectivity index (χ4v) is 3.09. The predicted molar refractivity (Wildman–Crippen MR) is 91.4 cm³/mol. The summed E-state index contributed by atoms with van der Waals surface area (Å²) < 4.78 is 11.0. The average molecular weight is 350 g/mol. The number of aliphatic hydroxyl groups is 2. The first-order chi connectivity index (χ1) is 11.9. The molecule has 25 heavy (non-hydrogen) atoms. The summed E-state index contributed by atoms with van der Waals surface area (Å²) in [5, 5.41) is 19.2. The lowest BCUT2D eigenvalue weighted by Crippen LogP contribution is -2.35. The van der Waals surface area contributed by atoms with Crippen molar-refractivity contribution in [2.75, 3.05) is 13.2 Å². The van der Waals surface area contributed by atoms with E-state index in [0.29, 0.717) is 19.3 Å². The van der Waals surface area contributed by atoms with Crippen LogP contribution in [0.1, 0.15) is 33.1 Å². The number of fused-ring (bicyclic) bond motifs is 1. The van der Waals surface area contributed by atoms with Crippen molar-refractivity contribution in [1.29, 1.82) is 0 Å². The highest BCUT2D eigenvalue weighted by Crippen LogP contribution is 2.36. The van der Waals surface area contributed by atoms with E-state index in [9.17, 15) is 19.8 Å². The maximum absolute atomic E-state index is 12.1. The van der Waals surface area contributed by atoms with Gasteiger partial charge in [-0.25, -0.2) is 4.79 Å². The first-order valence-corrected chi connectivity index (χ1v) is 8.56. The van der Waals surface area contributed by atoms with E-state index in [1.807, 2.05) is 6.08 Å². The molecule has 2 N–H and O–H groups in total. The first-order valence-electron chi connectivity index (χ1n) is 8.56. The third-order valence-electron chi connectivity index (χ3n) is 4.57. The number of carbonyl (C=O) groups is 2. The largest absolute Gasteiger partial charge is 0.461 e. The van der Waals surface area contributed by atoms with E-state index in [-0.39, 0.29) is 30.7 Å². The van der Waals surface area contributed by atoms with Crippen LogP contribution in [0.2, 0.25) is 0 Å². The maximum Gasteiger partial charge on any atom is 0.334 e. The highest BCUT2D eigenvalue weighted by Gasteiger charge is 2.44. The molecule has 138 valence electrons. The van der Waals surface area contributed by atoms with Crippen molar-refractivity contribution >= 4 is 11.9 Å². The molecule has 2 aliphatic rings. The van der Waals surface area contributed by atoms with Crippen LogP contribution in [0.15, 0.2) is 35.5 Å². The maximum atomic E-state index is 12.1. The zero-order valence-corrected chi connectivity index (χ0v) is 14.7. The number of allylic oxidation sites excluding steroid dienone is 1. The van der Waals surface area contributed by atoms with E-state index in [1.54, 1.807) is 19.9 Å². The van der Waals surface area contributed by atoms with Crippen molar-refractivity contribution in [1.82, 2.24) is 0 Å². The van der Waals surface area contributed by atoms with Gasteiger partial charge in [0.1, 0.15) is 12.2 Å². The molecule has 0 radical (unpaired) electrons. The number of hydrogen-bond donors (Lipinski definition) is 2. The molecule has 0 aromatic heterocycles. The van der Waals surface area contributed by atoms with Gasteiger partial charge in [-0.15, -0.1) is 0 Å². The lowest BCUT2D eigenvalue weighted by atomic mass is 9.85. The van der Waals surface area contributed by atoms with Crippen molar-refractivity contribution in [3.63, 3.8) is 0 Å². The number of carbonyl (C=O) groups excluding carboxylic acids is 2. The molecular formula is C19H26O6. The van der Waals surface area contributed by atoms with Gasteiger partial charge in [0, 0.05) is 12.0 Å². The van der Waals surface area contributed by atoms with Crippen molar-refractivity contribution < 1.29 is 29.3 Å². The molecule has 0 aromatic rings. The third kappa shape index (κ3) is 4.58. The monoisotopic (exact) mass is 350 g/mol. The molecule has 1 saturated heterocycles. The normalized spacial score (nSPS) is 31.5.